The van der Waals surface area contributed by atoms with Gasteiger partial charge in [-0.3, -0.25) is 4.79 Å². The zero-order valence-electron chi connectivity index (χ0n) is 17.6. The molecule has 0 heterocycles. The molecule has 1 fully saturated rings. The predicted octanol–water partition coefficient (Wildman–Crippen LogP) is 4.95. The van der Waals surface area contributed by atoms with E-state index in [1.807, 2.05) is 13.8 Å². The Labute approximate surface area is 177 Å². The molecule has 1 aromatic carbocycles. The Morgan fingerprint density at radius 1 is 1.17 bits per heavy atom. The van der Waals surface area contributed by atoms with Crippen molar-refractivity contribution in [3.8, 4) is 0 Å². The molecular weight excluding hydrogens is 400 g/mol. The van der Waals surface area contributed by atoms with E-state index < -0.39 is 23.6 Å². The molecule has 1 aliphatic carbocycles. The maximum atomic E-state index is 14.6. The lowest BCUT2D eigenvalue weighted by Crippen LogP contribution is -2.43. The van der Waals surface area contributed by atoms with Gasteiger partial charge in [-0.25, -0.2) is 13.6 Å². The number of carbonyl (C=O) groups excluding carboxylic acids is 2. The van der Waals surface area contributed by atoms with Gasteiger partial charge in [0.15, 0.2) is 0 Å². The van der Waals surface area contributed by atoms with Crippen molar-refractivity contribution in [3.63, 3.8) is 0 Å². The molecule has 5 nitrogen and oxygen atoms in total. The van der Waals surface area contributed by atoms with Crippen LogP contribution in [0.3, 0.4) is 0 Å². The molecule has 8 heteroatoms. The van der Waals surface area contributed by atoms with Gasteiger partial charge in [0.1, 0.15) is 11.6 Å². The van der Waals surface area contributed by atoms with E-state index in [0.717, 1.165) is 31.7 Å². The van der Waals surface area contributed by atoms with Gasteiger partial charge in [0.2, 0.25) is 5.91 Å². The van der Waals surface area contributed by atoms with Crippen LogP contribution in [0.5, 0.6) is 0 Å². The second-order valence-electron chi connectivity index (χ2n) is 6.93. The summed E-state index contributed by atoms with van der Waals surface area (Å²) in [5.74, 6) is -2.53. The Balaban J connectivity index is 0.00000204. The van der Waals surface area contributed by atoms with Gasteiger partial charge in [0.25, 0.3) is 0 Å². The third-order valence-electron chi connectivity index (χ3n) is 4.91. The lowest BCUT2D eigenvalue weighted by atomic mass is 9.90. The molecule has 164 valence electrons. The highest BCUT2D eigenvalue weighted by Crippen LogP contribution is 2.39. The second-order valence-corrected chi connectivity index (χ2v) is 7.34. The van der Waals surface area contributed by atoms with Crippen LogP contribution in [0, 0.1) is 23.5 Å². The van der Waals surface area contributed by atoms with Crippen LogP contribution in [0.1, 0.15) is 65.0 Å². The van der Waals surface area contributed by atoms with Crippen molar-refractivity contribution in [2.45, 2.75) is 59.4 Å². The van der Waals surface area contributed by atoms with E-state index in [-0.39, 0.29) is 35.0 Å². The quantitative estimate of drug-likeness (QED) is 0.535. The van der Waals surface area contributed by atoms with Gasteiger partial charge in [-0.05, 0) is 37.8 Å². The summed E-state index contributed by atoms with van der Waals surface area (Å²) >= 11 is 5.84. The number of hydrogen-bond acceptors (Lipinski definition) is 2. The molecule has 1 aromatic rings. The van der Waals surface area contributed by atoms with Gasteiger partial charge < -0.3 is 16.0 Å². The van der Waals surface area contributed by atoms with Gasteiger partial charge in [-0.2, -0.15) is 0 Å². The van der Waals surface area contributed by atoms with Crippen LogP contribution in [0.15, 0.2) is 12.1 Å². The van der Waals surface area contributed by atoms with Gasteiger partial charge in [0, 0.05) is 18.7 Å². The molecule has 29 heavy (non-hydrogen) atoms. The molecule has 3 amide bonds. The predicted molar refractivity (Wildman–Crippen MR) is 112 cm³/mol. The monoisotopic (exact) mass is 431 g/mol. The number of hydrogen-bond donors (Lipinski definition) is 3. The summed E-state index contributed by atoms with van der Waals surface area (Å²) in [6, 6.07) is 1.14. The van der Waals surface area contributed by atoms with E-state index >= 15 is 0 Å². The third kappa shape index (κ3) is 7.14. The number of halogens is 3. The van der Waals surface area contributed by atoms with E-state index in [1.54, 1.807) is 13.8 Å². The number of benzene rings is 1. The highest BCUT2D eigenvalue weighted by molar-refractivity contribution is 6.30. The molecule has 0 spiro atoms. The summed E-state index contributed by atoms with van der Waals surface area (Å²) in [7, 11) is 0. The minimum absolute atomic E-state index is 0.0556. The van der Waals surface area contributed by atoms with Crippen LogP contribution in [-0.4, -0.2) is 25.0 Å². The smallest absolute Gasteiger partial charge is 0.314 e. The van der Waals surface area contributed by atoms with Gasteiger partial charge in [-0.1, -0.05) is 45.2 Å². The minimum atomic E-state index is -0.832. The van der Waals surface area contributed by atoms with Crippen LogP contribution < -0.4 is 16.0 Å². The number of rotatable bonds is 7. The zero-order valence-corrected chi connectivity index (χ0v) is 18.3. The van der Waals surface area contributed by atoms with Crippen LogP contribution in [0.2, 0.25) is 5.02 Å². The normalized spacial score (nSPS) is 15.7. The summed E-state index contributed by atoms with van der Waals surface area (Å²) in [5.41, 5.74) is -0.188. The standard InChI is InChI=1S/C19H26ClF2N3O2.C2H6/c1-3-23-19(27)24-10-11(2)18(26)25-17(12-6-4-5-7-12)15-14(21)9-8-13(20)16(15)22;1-2/h8-9,11-12,17H,3-7,10H2,1-2H3,(H,25,26)(H2,23,24,27);1-2H3. The molecule has 0 aromatic heterocycles. The lowest BCUT2D eigenvalue weighted by Gasteiger charge is -2.27. The highest BCUT2D eigenvalue weighted by Gasteiger charge is 2.33. The lowest BCUT2D eigenvalue weighted by molar-refractivity contribution is -0.125. The molecular formula is C21H32ClF2N3O2. The SMILES string of the molecule is CC.CCNC(=O)NCC(C)C(=O)NC(c1c(F)ccc(Cl)c1F)C1CCCC1. The van der Waals surface area contributed by atoms with E-state index in [2.05, 4.69) is 16.0 Å². The van der Waals surface area contributed by atoms with Crippen LogP contribution in [0.25, 0.3) is 0 Å². The number of nitrogens with one attached hydrogen (secondary N) is 3. The molecule has 3 N–H and O–H groups in total. The average Bonchev–Trinajstić information content (AvgIpc) is 3.24. The van der Waals surface area contributed by atoms with Crippen molar-refractivity contribution in [1.29, 1.82) is 0 Å². The fraction of sp³-hybridized carbons (Fsp3) is 0.619. The van der Waals surface area contributed by atoms with Crippen LogP contribution in [0.4, 0.5) is 13.6 Å². The minimum Gasteiger partial charge on any atom is -0.349 e. The molecule has 0 aliphatic heterocycles. The summed E-state index contributed by atoms with van der Waals surface area (Å²) < 4.78 is 29.0. The third-order valence-corrected chi connectivity index (χ3v) is 5.21. The van der Waals surface area contributed by atoms with E-state index in [1.165, 1.54) is 6.07 Å². The summed E-state index contributed by atoms with van der Waals surface area (Å²) in [4.78, 5) is 24.1. The van der Waals surface area contributed by atoms with Crippen molar-refractivity contribution in [3.05, 3.63) is 34.4 Å². The molecule has 1 aliphatic rings. The van der Waals surface area contributed by atoms with Crippen LogP contribution in [-0.2, 0) is 4.79 Å². The fourth-order valence-electron chi connectivity index (χ4n) is 3.40. The Morgan fingerprint density at radius 3 is 2.38 bits per heavy atom. The summed E-state index contributed by atoms with van der Waals surface area (Å²) in [6.45, 7) is 8.03. The van der Waals surface area contributed by atoms with Crippen molar-refractivity contribution in [2.75, 3.05) is 13.1 Å². The molecule has 2 rings (SSSR count). The molecule has 0 saturated heterocycles. The molecule has 2 atom stereocenters. The number of urea groups is 1. The van der Waals surface area contributed by atoms with Crippen molar-refractivity contribution >= 4 is 23.5 Å². The first-order chi connectivity index (χ1) is 13.8. The molecule has 0 bridgehead atoms. The number of carbonyl (C=O) groups is 2. The number of amides is 3. The Kier molecular flexibility index (Phi) is 10.9. The highest BCUT2D eigenvalue weighted by atomic mass is 35.5. The Bertz CT molecular complexity index is 682. The van der Waals surface area contributed by atoms with Crippen molar-refractivity contribution in [2.24, 2.45) is 11.8 Å². The van der Waals surface area contributed by atoms with Gasteiger partial charge in [-0.15, -0.1) is 0 Å². The van der Waals surface area contributed by atoms with E-state index in [4.69, 9.17) is 11.6 Å². The van der Waals surface area contributed by atoms with Gasteiger partial charge >= 0.3 is 6.03 Å². The van der Waals surface area contributed by atoms with E-state index in [0.29, 0.717) is 6.54 Å². The maximum Gasteiger partial charge on any atom is 0.314 e. The van der Waals surface area contributed by atoms with Gasteiger partial charge in [0.05, 0.1) is 17.0 Å². The van der Waals surface area contributed by atoms with E-state index in [9.17, 15) is 18.4 Å². The molecule has 1 saturated carbocycles. The largest absolute Gasteiger partial charge is 0.349 e. The van der Waals surface area contributed by atoms with Crippen molar-refractivity contribution < 1.29 is 18.4 Å². The Morgan fingerprint density at radius 2 is 1.79 bits per heavy atom. The first-order valence-electron chi connectivity index (χ1n) is 10.3. The average molecular weight is 432 g/mol. The fourth-order valence-corrected chi connectivity index (χ4v) is 3.57. The topological polar surface area (TPSA) is 70.2 Å². The van der Waals surface area contributed by atoms with Crippen molar-refractivity contribution in [1.82, 2.24) is 16.0 Å². The summed E-state index contributed by atoms with van der Waals surface area (Å²) in [6.07, 6.45) is 3.47. The first-order valence-corrected chi connectivity index (χ1v) is 10.7. The van der Waals surface area contributed by atoms with Crippen LogP contribution >= 0.6 is 11.6 Å². The first kappa shape index (κ1) is 25.1. The molecule has 2 unspecified atom stereocenters. The summed E-state index contributed by atoms with van der Waals surface area (Å²) in [5, 5.41) is 7.79. The maximum absolute atomic E-state index is 14.6. The zero-order chi connectivity index (χ0) is 22.0. The molecule has 0 radical (unpaired) electrons. The Hall–Kier alpha value is -1.89. The second kappa shape index (κ2) is 12.6.